The molecule has 14 heavy (non-hydrogen) atoms. The zero-order valence-electron chi connectivity index (χ0n) is 8.29. The number of hydrogen-bond donors (Lipinski definition) is 1. The second-order valence-electron chi connectivity index (χ2n) is 3.36. The highest BCUT2D eigenvalue weighted by atomic mass is 32.1. The van der Waals surface area contributed by atoms with Crippen molar-refractivity contribution in [2.24, 2.45) is 0 Å². The van der Waals surface area contributed by atoms with Gasteiger partial charge in [0.15, 0.2) is 0 Å². The van der Waals surface area contributed by atoms with Crippen molar-refractivity contribution >= 4 is 23.1 Å². The second kappa shape index (κ2) is 3.50. The van der Waals surface area contributed by atoms with Crippen LogP contribution in [0.3, 0.4) is 0 Å². The fraction of sp³-hybridized carbons (Fsp3) is 0.273. The number of hydrogen-bond acceptors (Lipinski definition) is 2. The average Bonchev–Trinajstić information content (AvgIpc) is 2.17. The van der Waals surface area contributed by atoms with Crippen molar-refractivity contribution in [3.05, 3.63) is 34.2 Å². The van der Waals surface area contributed by atoms with Crippen LogP contribution < -0.4 is 0 Å². The zero-order valence-corrected chi connectivity index (χ0v) is 9.11. The number of H-pyrrole nitrogens is 1. The molecule has 0 fully saturated rings. The molecular formula is C11H12N2S. The van der Waals surface area contributed by atoms with Crippen molar-refractivity contribution < 1.29 is 0 Å². The molecule has 0 aliphatic heterocycles. The molecule has 1 N–H and O–H groups in total. The number of benzene rings is 1. The fourth-order valence-electron chi connectivity index (χ4n) is 1.53. The third-order valence-corrected chi connectivity index (χ3v) is 2.62. The lowest BCUT2D eigenvalue weighted by Gasteiger charge is -2.02. The van der Waals surface area contributed by atoms with E-state index in [1.165, 1.54) is 5.56 Å². The molecule has 0 radical (unpaired) electrons. The minimum Gasteiger partial charge on any atom is -0.343 e. The molecule has 2 aromatic rings. The summed E-state index contributed by atoms with van der Waals surface area (Å²) in [6.07, 6.45) is 1.03. The van der Waals surface area contributed by atoms with Crippen LogP contribution in [0.1, 0.15) is 18.3 Å². The molecule has 0 saturated carbocycles. The van der Waals surface area contributed by atoms with Crippen LogP contribution in [0.2, 0.25) is 0 Å². The molecule has 1 aromatic carbocycles. The Morgan fingerprint density at radius 2 is 2.21 bits per heavy atom. The Hall–Kier alpha value is -1.22. The van der Waals surface area contributed by atoms with Gasteiger partial charge in [-0.2, -0.15) is 0 Å². The van der Waals surface area contributed by atoms with Crippen molar-refractivity contribution in [2.75, 3.05) is 0 Å². The summed E-state index contributed by atoms with van der Waals surface area (Å²) in [7, 11) is 0. The van der Waals surface area contributed by atoms with Crippen molar-refractivity contribution in [1.29, 1.82) is 0 Å². The maximum absolute atomic E-state index is 5.22. The van der Waals surface area contributed by atoms with Gasteiger partial charge in [0.25, 0.3) is 0 Å². The summed E-state index contributed by atoms with van der Waals surface area (Å²) in [5, 5.41) is 1.05. The molecule has 0 bridgehead atoms. The maximum Gasteiger partial charge on any atom is 0.137 e. The lowest BCUT2D eigenvalue weighted by molar-refractivity contribution is 1.07. The molecule has 0 unspecified atom stereocenters. The Kier molecular flexibility index (Phi) is 2.33. The molecule has 72 valence electrons. The number of nitrogens with zero attached hydrogens (tertiary/aromatic N) is 1. The van der Waals surface area contributed by atoms with E-state index in [0.717, 1.165) is 23.1 Å². The molecule has 2 nitrogen and oxygen atoms in total. The van der Waals surface area contributed by atoms with Crippen LogP contribution in [-0.2, 0) is 6.42 Å². The molecule has 0 aliphatic carbocycles. The summed E-state index contributed by atoms with van der Waals surface area (Å²) >= 11 is 5.22. The Morgan fingerprint density at radius 3 is 2.93 bits per heavy atom. The van der Waals surface area contributed by atoms with Gasteiger partial charge in [-0.05, 0) is 31.0 Å². The fourth-order valence-corrected chi connectivity index (χ4v) is 1.84. The number of fused-ring (bicyclic) bond motifs is 1. The Morgan fingerprint density at radius 1 is 1.43 bits per heavy atom. The summed E-state index contributed by atoms with van der Waals surface area (Å²) in [5.74, 6) is 0.867. The smallest absolute Gasteiger partial charge is 0.137 e. The number of aromatic amines is 1. The molecule has 0 saturated heterocycles. The third-order valence-electron chi connectivity index (χ3n) is 2.31. The first-order valence-corrected chi connectivity index (χ1v) is 5.11. The maximum atomic E-state index is 5.22. The third kappa shape index (κ3) is 1.55. The van der Waals surface area contributed by atoms with Crippen LogP contribution in [0.15, 0.2) is 18.2 Å². The van der Waals surface area contributed by atoms with Gasteiger partial charge in [-0.3, -0.25) is 0 Å². The molecule has 0 atom stereocenters. The van der Waals surface area contributed by atoms with E-state index < -0.39 is 0 Å². The Balaban J connectivity index is 2.82. The topological polar surface area (TPSA) is 28.7 Å². The number of aryl methyl sites for hydroxylation is 2. The molecule has 1 heterocycles. The first kappa shape index (κ1) is 9.34. The molecule has 2 rings (SSSR count). The van der Waals surface area contributed by atoms with Gasteiger partial charge in [0.1, 0.15) is 10.5 Å². The van der Waals surface area contributed by atoms with Gasteiger partial charge in [-0.25, -0.2) is 4.98 Å². The highest BCUT2D eigenvalue weighted by Crippen LogP contribution is 2.15. The van der Waals surface area contributed by atoms with Crippen molar-refractivity contribution in [3.63, 3.8) is 0 Å². The first-order chi connectivity index (χ1) is 6.70. The van der Waals surface area contributed by atoms with Gasteiger partial charge in [0.05, 0.1) is 0 Å². The largest absolute Gasteiger partial charge is 0.343 e. The van der Waals surface area contributed by atoms with E-state index in [1.807, 2.05) is 6.92 Å². The van der Waals surface area contributed by atoms with Gasteiger partial charge >= 0.3 is 0 Å². The molecule has 1 aromatic heterocycles. The van der Waals surface area contributed by atoms with E-state index in [-0.39, 0.29) is 0 Å². The number of nitrogens with one attached hydrogen (secondary N) is 1. The van der Waals surface area contributed by atoms with E-state index in [2.05, 4.69) is 35.1 Å². The van der Waals surface area contributed by atoms with E-state index in [9.17, 15) is 0 Å². The number of aromatic nitrogens is 2. The Bertz CT molecular complexity index is 528. The van der Waals surface area contributed by atoms with Gasteiger partial charge in [0, 0.05) is 10.9 Å². The summed E-state index contributed by atoms with van der Waals surface area (Å²) in [5.41, 5.74) is 2.36. The van der Waals surface area contributed by atoms with Crippen molar-refractivity contribution in [3.8, 4) is 0 Å². The lowest BCUT2D eigenvalue weighted by atomic mass is 10.1. The van der Waals surface area contributed by atoms with Crippen molar-refractivity contribution in [1.82, 2.24) is 9.97 Å². The monoisotopic (exact) mass is 204 g/mol. The highest BCUT2D eigenvalue weighted by Gasteiger charge is 1.99. The normalized spacial score (nSPS) is 10.7. The molecule has 0 aliphatic rings. The molecular weight excluding hydrogens is 192 g/mol. The summed E-state index contributed by atoms with van der Waals surface area (Å²) in [4.78, 5) is 7.44. The van der Waals surface area contributed by atoms with E-state index in [0.29, 0.717) is 4.64 Å². The lowest BCUT2D eigenvalue weighted by Crippen LogP contribution is -1.91. The standard InChI is InChI=1S/C11H12N2S/c1-3-8-4-5-10-9(6-8)11(14)13-7(2)12-10/h4-6H,3H2,1-2H3,(H,12,13,14). The van der Waals surface area contributed by atoms with Crippen LogP contribution in [0.4, 0.5) is 0 Å². The van der Waals surface area contributed by atoms with Crippen LogP contribution in [-0.4, -0.2) is 9.97 Å². The van der Waals surface area contributed by atoms with Gasteiger partial charge < -0.3 is 4.98 Å². The highest BCUT2D eigenvalue weighted by molar-refractivity contribution is 7.71. The summed E-state index contributed by atoms with van der Waals surface area (Å²) < 4.78 is 0.687. The minimum atomic E-state index is 0.687. The second-order valence-corrected chi connectivity index (χ2v) is 3.75. The molecule has 0 spiro atoms. The van der Waals surface area contributed by atoms with Gasteiger partial charge in [-0.15, -0.1) is 0 Å². The van der Waals surface area contributed by atoms with Crippen molar-refractivity contribution in [2.45, 2.75) is 20.3 Å². The quantitative estimate of drug-likeness (QED) is 0.723. The van der Waals surface area contributed by atoms with Crippen LogP contribution in [0, 0.1) is 11.6 Å². The zero-order chi connectivity index (χ0) is 10.1. The van der Waals surface area contributed by atoms with Gasteiger partial charge in [0.2, 0.25) is 0 Å². The summed E-state index contributed by atoms with van der Waals surface area (Å²) in [6, 6.07) is 6.30. The predicted octanol–water partition coefficient (Wildman–Crippen LogP) is 3.16. The first-order valence-electron chi connectivity index (χ1n) is 4.70. The number of rotatable bonds is 1. The predicted molar refractivity (Wildman–Crippen MR) is 61.0 cm³/mol. The minimum absolute atomic E-state index is 0.687. The average molecular weight is 204 g/mol. The van der Waals surface area contributed by atoms with Crippen LogP contribution >= 0.6 is 12.2 Å². The SMILES string of the molecule is CCc1ccc2[nH]c(C)nc(=S)c2c1. The van der Waals surface area contributed by atoms with Crippen LogP contribution in [0.25, 0.3) is 10.9 Å². The van der Waals surface area contributed by atoms with Crippen LogP contribution in [0.5, 0.6) is 0 Å². The molecule has 0 amide bonds. The Labute approximate surface area is 88.0 Å². The van der Waals surface area contributed by atoms with E-state index in [4.69, 9.17) is 12.2 Å². The summed E-state index contributed by atoms with van der Waals surface area (Å²) in [6.45, 7) is 4.05. The molecule has 3 heteroatoms. The van der Waals surface area contributed by atoms with E-state index >= 15 is 0 Å². The van der Waals surface area contributed by atoms with E-state index in [1.54, 1.807) is 0 Å². The van der Waals surface area contributed by atoms with Gasteiger partial charge in [-0.1, -0.05) is 25.2 Å².